The largest absolute Gasteiger partial charge is 0.347 e. The van der Waals surface area contributed by atoms with E-state index in [2.05, 4.69) is 19.9 Å². The van der Waals surface area contributed by atoms with Crippen molar-refractivity contribution in [1.82, 2.24) is 24.8 Å². The first-order chi connectivity index (χ1) is 7.77. The van der Waals surface area contributed by atoms with E-state index >= 15 is 0 Å². The van der Waals surface area contributed by atoms with Crippen molar-refractivity contribution in [2.45, 2.75) is 6.54 Å². The number of amides is 1. The van der Waals surface area contributed by atoms with Gasteiger partial charge in [-0.05, 0) is 0 Å². The molecule has 6 nitrogen and oxygen atoms in total. The molecule has 0 atom stereocenters. The van der Waals surface area contributed by atoms with E-state index in [1.54, 1.807) is 24.3 Å². The Hall–Kier alpha value is -2.24. The third-order valence-corrected chi connectivity index (χ3v) is 2.10. The number of nitrogens with zero attached hydrogens (tertiary/aromatic N) is 4. The fraction of sp³-hybridized carbons (Fsp3) is 0.200. The van der Waals surface area contributed by atoms with Crippen molar-refractivity contribution in [1.29, 1.82) is 0 Å². The molecule has 0 unspecified atom stereocenters. The number of hydrogen-bond acceptors (Lipinski definition) is 4. The number of hydrogen-bond donors (Lipinski definition) is 1. The average molecular weight is 217 g/mol. The highest BCUT2D eigenvalue weighted by atomic mass is 16.2. The molecular weight excluding hydrogens is 206 g/mol. The molecule has 0 saturated carbocycles. The van der Waals surface area contributed by atoms with Gasteiger partial charge in [0.25, 0.3) is 5.91 Å². The summed E-state index contributed by atoms with van der Waals surface area (Å²) in [7, 11) is 1.71. The van der Waals surface area contributed by atoms with Crippen molar-refractivity contribution < 1.29 is 4.79 Å². The van der Waals surface area contributed by atoms with Crippen LogP contribution in [-0.4, -0.2) is 37.8 Å². The summed E-state index contributed by atoms with van der Waals surface area (Å²) < 4.78 is 0. The minimum Gasteiger partial charge on any atom is -0.347 e. The fourth-order valence-electron chi connectivity index (χ4n) is 1.31. The molecule has 0 aliphatic carbocycles. The summed E-state index contributed by atoms with van der Waals surface area (Å²) in [5.41, 5.74) is 0.469. The zero-order valence-electron chi connectivity index (χ0n) is 8.79. The van der Waals surface area contributed by atoms with Gasteiger partial charge in [-0.25, -0.2) is 15.0 Å². The third kappa shape index (κ3) is 2.22. The van der Waals surface area contributed by atoms with Crippen molar-refractivity contribution >= 4 is 5.91 Å². The second kappa shape index (κ2) is 4.52. The van der Waals surface area contributed by atoms with Gasteiger partial charge in [-0.3, -0.25) is 4.79 Å². The first-order valence-corrected chi connectivity index (χ1v) is 4.76. The second-order valence-corrected chi connectivity index (χ2v) is 3.32. The van der Waals surface area contributed by atoms with Crippen LogP contribution < -0.4 is 0 Å². The van der Waals surface area contributed by atoms with E-state index in [9.17, 15) is 4.79 Å². The molecule has 0 saturated heterocycles. The first kappa shape index (κ1) is 10.3. The summed E-state index contributed by atoms with van der Waals surface area (Å²) in [6.07, 6.45) is 7.75. The van der Waals surface area contributed by atoms with Crippen molar-refractivity contribution in [3.8, 4) is 0 Å². The molecule has 16 heavy (non-hydrogen) atoms. The number of carbonyl (C=O) groups is 1. The Morgan fingerprint density at radius 3 is 2.81 bits per heavy atom. The summed E-state index contributed by atoms with van der Waals surface area (Å²) in [6, 6.07) is 0. The van der Waals surface area contributed by atoms with E-state index in [1.165, 1.54) is 18.7 Å². The van der Waals surface area contributed by atoms with Crippen molar-refractivity contribution in [2.75, 3.05) is 7.05 Å². The Morgan fingerprint density at radius 2 is 2.19 bits per heavy atom. The Bertz CT molecular complexity index is 453. The Morgan fingerprint density at radius 1 is 1.44 bits per heavy atom. The average Bonchev–Trinajstić information content (AvgIpc) is 2.82. The van der Waals surface area contributed by atoms with Gasteiger partial charge < -0.3 is 9.88 Å². The summed E-state index contributed by atoms with van der Waals surface area (Å²) in [5, 5.41) is 0. The van der Waals surface area contributed by atoms with Crippen molar-refractivity contribution in [3.63, 3.8) is 0 Å². The standard InChI is InChI=1S/C10H11N5O/c1-15(6-9-13-2-3-14-9)10(16)8-4-11-7-12-5-8/h2-5,7H,6H2,1H3,(H,13,14). The molecule has 6 heteroatoms. The number of H-pyrrole nitrogens is 1. The van der Waals surface area contributed by atoms with Gasteiger partial charge in [0.2, 0.25) is 0 Å². The van der Waals surface area contributed by atoms with Gasteiger partial charge in [-0.15, -0.1) is 0 Å². The predicted octanol–water partition coefficient (Wildman–Crippen LogP) is 0.472. The molecule has 2 aromatic heterocycles. The van der Waals surface area contributed by atoms with Crippen LogP contribution in [0.1, 0.15) is 16.2 Å². The van der Waals surface area contributed by atoms with Crippen LogP contribution >= 0.6 is 0 Å². The molecule has 0 aromatic carbocycles. The molecule has 2 rings (SSSR count). The molecule has 2 aromatic rings. The second-order valence-electron chi connectivity index (χ2n) is 3.32. The van der Waals surface area contributed by atoms with Gasteiger partial charge in [0.05, 0.1) is 12.1 Å². The quantitative estimate of drug-likeness (QED) is 0.811. The fourth-order valence-corrected chi connectivity index (χ4v) is 1.31. The van der Waals surface area contributed by atoms with Gasteiger partial charge in [0.1, 0.15) is 12.2 Å². The summed E-state index contributed by atoms with van der Waals surface area (Å²) >= 11 is 0. The van der Waals surface area contributed by atoms with Crippen LogP contribution in [0.15, 0.2) is 31.1 Å². The van der Waals surface area contributed by atoms with E-state index in [-0.39, 0.29) is 5.91 Å². The first-order valence-electron chi connectivity index (χ1n) is 4.76. The molecule has 0 spiro atoms. The van der Waals surface area contributed by atoms with E-state index in [1.807, 2.05) is 0 Å². The van der Waals surface area contributed by atoms with Crippen molar-refractivity contribution in [3.05, 3.63) is 42.5 Å². The number of aromatic amines is 1. The highest BCUT2D eigenvalue weighted by Gasteiger charge is 2.12. The van der Waals surface area contributed by atoms with Crippen LogP contribution in [0.5, 0.6) is 0 Å². The summed E-state index contributed by atoms with van der Waals surface area (Å²) in [4.78, 5) is 28.0. The Kier molecular flexibility index (Phi) is 2.90. The van der Waals surface area contributed by atoms with Gasteiger partial charge in [-0.2, -0.15) is 0 Å². The molecule has 0 fully saturated rings. The summed E-state index contributed by atoms with van der Waals surface area (Å²) in [5.74, 6) is 0.615. The maximum atomic E-state index is 11.9. The molecule has 0 aliphatic rings. The highest BCUT2D eigenvalue weighted by Crippen LogP contribution is 2.02. The van der Waals surface area contributed by atoms with Crippen LogP contribution in [0.3, 0.4) is 0 Å². The normalized spacial score (nSPS) is 10.1. The third-order valence-electron chi connectivity index (χ3n) is 2.10. The van der Waals surface area contributed by atoms with E-state index < -0.39 is 0 Å². The summed E-state index contributed by atoms with van der Waals surface area (Å²) in [6.45, 7) is 0.431. The van der Waals surface area contributed by atoms with Crippen LogP contribution in [0, 0.1) is 0 Å². The van der Waals surface area contributed by atoms with Crippen LogP contribution in [0.2, 0.25) is 0 Å². The molecule has 2 heterocycles. The van der Waals surface area contributed by atoms with Gasteiger partial charge in [0.15, 0.2) is 0 Å². The van der Waals surface area contributed by atoms with Gasteiger partial charge >= 0.3 is 0 Å². The van der Waals surface area contributed by atoms with Crippen molar-refractivity contribution in [2.24, 2.45) is 0 Å². The smallest absolute Gasteiger partial charge is 0.257 e. The van der Waals surface area contributed by atoms with Gasteiger partial charge in [0, 0.05) is 31.8 Å². The van der Waals surface area contributed by atoms with Gasteiger partial charge in [-0.1, -0.05) is 0 Å². The number of carbonyl (C=O) groups excluding carboxylic acids is 1. The van der Waals surface area contributed by atoms with Crippen LogP contribution in [0.4, 0.5) is 0 Å². The molecule has 82 valence electrons. The Balaban J connectivity index is 2.05. The monoisotopic (exact) mass is 217 g/mol. The minimum atomic E-state index is -0.128. The van der Waals surface area contributed by atoms with Crippen LogP contribution in [-0.2, 0) is 6.54 Å². The lowest BCUT2D eigenvalue weighted by atomic mass is 10.3. The molecular formula is C10H11N5O. The maximum Gasteiger partial charge on any atom is 0.257 e. The lowest BCUT2D eigenvalue weighted by molar-refractivity contribution is 0.0781. The van der Waals surface area contributed by atoms with E-state index in [0.717, 1.165) is 5.82 Å². The van der Waals surface area contributed by atoms with Crippen LogP contribution in [0.25, 0.3) is 0 Å². The molecule has 0 radical (unpaired) electrons. The molecule has 0 bridgehead atoms. The number of aromatic nitrogens is 4. The number of rotatable bonds is 3. The topological polar surface area (TPSA) is 74.8 Å². The van der Waals surface area contributed by atoms with E-state index in [0.29, 0.717) is 12.1 Å². The predicted molar refractivity (Wildman–Crippen MR) is 56.4 cm³/mol. The molecule has 0 aliphatic heterocycles. The lowest BCUT2D eigenvalue weighted by Crippen LogP contribution is -2.26. The number of nitrogens with one attached hydrogen (secondary N) is 1. The Labute approximate surface area is 92.4 Å². The molecule has 1 amide bonds. The highest BCUT2D eigenvalue weighted by molar-refractivity contribution is 5.93. The SMILES string of the molecule is CN(Cc1ncc[nH]1)C(=O)c1cncnc1. The zero-order valence-corrected chi connectivity index (χ0v) is 8.79. The maximum absolute atomic E-state index is 11.9. The minimum absolute atomic E-state index is 0.128. The number of imidazole rings is 1. The lowest BCUT2D eigenvalue weighted by Gasteiger charge is -2.14. The molecule has 1 N–H and O–H groups in total. The zero-order chi connectivity index (χ0) is 11.4. The van der Waals surface area contributed by atoms with E-state index in [4.69, 9.17) is 0 Å².